The summed E-state index contributed by atoms with van der Waals surface area (Å²) in [7, 11) is 0. The van der Waals surface area contributed by atoms with Crippen molar-refractivity contribution < 1.29 is 22.7 Å². The van der Waals surface area contributed by atoms with E-state index in [0.29, 0.717) is 18.4 Å². The lowest BCUT2D eigenvalue weighted by Crippen LogP contribution is -2.20. The van der Waals surface area contributed by atoms with Gasteiger partial charge < -0.3 is 4.74 Å². The lowest BCUT2D eigenvalue weighted by molar-refractivity contribution is -0.137. The van der Waals surface area contributed by atoms with Crippen LogP contribution in [0.15, 0.2) is 24.3 Å². The zero-order valence-electron chi connectivity index (χ0n) is 11.8. The number of Topliss-reactive ketones (excluding diaryl/α,β-unsaturated/α-hetero) is 1. The topological polar surface area (TPSA) is 26.3 Å². The molecule has 1 saturated heterocycles. The molecular formula is C16H19F3O2. The Labute approximate surface area is 122 Å². The lowest BCUT2D eigenvalue weighted by Gasteiger charge is -2.22. The number of alkyl halides is 3. The van der Waals surface area contributed by atoms with Crippen LogP contribution in [0.5, 0.6) is 0 Å². The molecule has 1 aromatic carbocycles. The highest BCUT2D eigenvalue weighted by Crippen LogP contribution is 2.29. The number of carbonyl (C=O) groups excluding carboxylic acids is 1. The molecule has 1 aliphatic heterocycles. The monoisotopic (exact) mass is 300 g/mol. The molecule has 1 atom stereocenters. The molecule has 0 aliphatic carbocycles. The average molecular weight is 300 g/mol. The minimum atomic E-state index is -4.37. The molecular weight excluding hydrogens is 281 g/mol. The third-order valence-corrected chi connectivity index (χ3v) is 3.67. The average Bonchev–Trinajstić information content (AvgIpc) is 2.46. The van der Waals surface area contributed by atoms with Crippen LogP contribution in [0, 0.1) is 0 Å². The maximum absolute atomic E-state index is 12.6. The van der Waals surface area contributed by atoms with E-state index in [1.54, 1.807) is 6.07 Å². The first kappa shape index (κ1) is 16.0. The maximum atomic E-state index is 12.6. The molecule has 5 heteroatoms. The standard InChI is InChI=1S/C16H19F3O2/c17-16(18,19)13-5-3-4-12(10-13)11-14(20)7-8-15-6-1-2-9-21-15/h3-5,10,15H,1-2,6-9,11H2. The third-order valence-electron chi connectivity index (χ3n) is 3.67. The number of ketones is 1. The van der Waals surface area contributed by atoms with Gasteiger partial charge in [0.05, 0.1) is 11.7 Å². The first-order chi connectivity index (χ1) is 9.95. The smallest absolute Gasteiger partial charge is 0.378 e. The quantitative estimate of drug-likeness (QED) is 0.816. The van der Waals surface area contributed by atoms with Gasteiger partial charge in [-0.1, -0.05) is 18.2 Å². The molecule has 116 valence electrons. The zero-order chi connectivity index (χ0) is 15.3. The number of benzene rings is 1. The lowest BCUT2D eigenvalue weighted by atomic mass is 9.99. The Bertz CT molecular complexity index is 477. The van der Waals surface area contributed by atoms with Gasteiger partial charge in [-0.15, -0.1) is 0 Å². The van der Waals surface area contributed by atoms with Crippen LogP contribution in [0.1, 0.15) is 43.2 Å². The van der Waals surface area contributed by atoms with Crippen molar-refractivity contribution >= 4 is 5.78 Å². The number of carbonyl (C=O) groups is 1. The summed E-state index contributed by atoms with van der Waals surface area (Å²) in [6.45, 7) is 0.743. The SMILES string of the molecule is O=C(CCC1CCCCO1)Cc1cccc(C(F)(F)F)c1. The molecule has 0 aromatic heterocycles. The van der Waals surface area contributed by atoms with Gasteiger partial charge in [-0.3, -0.25) is 4.79 Å². The van der Waals surface area contributed by atoms with Gasteiger partial charge >= 0.3 is 6.18 Å². The van der Waals surface area contributed by atoms with Crippen LogP contribution < -0.4 is 0 Å². The maximum Gasteiger partial charge on any atom is 0.416 e. The molecule has 0 saturated carbocycles. The van der Waals surface area contributed by atoms with E-state index < -0.39 is 11.7 Å². The van der Waals surface area contributed by atoms with Crippen molar-refractivity contribution in [3.8, 4) is 0 Å². The van der Waals surface area contributed by atoms with E-state index >= 15 is 0 Å². The summed E-state index contributed by atoms with van der Waals surface area (Å²) in [5.41, 5.74) is -0.289. The second kappa shape index (κ2) is 7.07. The zero-order valence-corrected chi connectivity index (χ0v) is 11.8. The van der Waals surface area contributed by atoms with Gasteiger partial charge in [0.15, 0.2) is 0 Å². The Kier molecular flexibility index (Phi) is 5.39. The largest absolute Gasteiger partial charge is 0.416 e. The van der Waals surface area contributed by atoms with Crippen molar-refractivity contribution in [3.63, 3.8) is 0 Å². The van der Waals surface area contributed by atoms with Crippen LogP contribution >= 0.6 is 0 Å². The van der Waals surface area contributed by atoms with Crippen molar-refractivity contribution in [2.24, 2.45) is 0 Å². The van der Waals surface area contributed by atoms with Crippen molar-refractivity contribution in [1.82, 2.24) is 0 Å². The Morgan fingerprint density at radius 1 is 1.29 bits per heavy atom. The highest BCUT2D eigenvalue weighted by molar-refractivity contribution is 5.80. The number of rotatable bonds is 5. The fourth-order valence-electron chi connectivity index (χ4n) is 2.53. The molecule has 21 heavy (non-hydrogen) atoms. The summed E-state index contributed by atoms with van der Waals surface area (Å²) in [5.74, 6) is -0.0384. The molecule has 1 aromatic rings. The molecule has 1 unspecified atom stereocenters. The van der Waals surface area contributed by atoms with Gasteiger partial charge in [0, 0.05) is 19.4 Å². The molecule has 0 amide bonds. The van der Waals surface area contributed by atoms with E-state index in [9.17, 15) is 18.0 Å². The van der Waals surface area contributed by atoms with E-state index in [2.05, 4.69) is 0 Å². The third kappa shape index (κ3) is 5.16. The second-order valence-corrected chi connectivity index (χ2v) is 5.44. The molecule has 0 bridgehead atoms. The summed E-state index contributed by atoms with van der Waals surface area (Å²) in [4.78, 5) is 11.9. The van der Waals surface area contributed by atoms with Gasteiger partial charge in [0.1, 0.15) is 5.78 Å². The van der Waals surface area contributed by atoms with Crippen molar-refractivity contribution in [2.45, 2.75) is 50.8 Å². The first-order valence-electron chi connectivity index (χ1n) is 7.24. The molecule has 2 nitrogen and oxygen atoms in total. The van der Waals surface area contributed by atoms with E-state index in [1.165, 1.54) is 6.07 Å². The summed E-state index contributed by atoms with van der Waals surface area (Å²) in [6.07, 6.45) is -0.00766. The predicted molar refractivity (Wildman–Crippen MR) is 73.0 cm³/mol. The molecule has 1 fully saturated rings. The van der Waals surface area contributed by atoms with Crippen molar-refractivity contribution in [3.05, 3.63) is 35.4 Å². The number of hydrogen-bond donors (Lipinski definition) is 0. The van der Waals surface area contributed by atoms with Gasteiger partial charge in [-0.05, 0) is 37.3 Å². The predicted octanol–water partition coefficient (Wildman–Crippen LogP) is 4.17. The normalized spacial score (nSPS) is 19.5. The fourth-order valence-corrected chi connectivity index (χ4v) is 2.53. The van der Waals surface area contributed by atoms with Crippen molar-refractivity contribution in [1.29, 1.82) is 0 Å². The van der Waals surface area contributed by atoms with Crippen LogP contribution in [0.3, 0.4) is 0 Å². The summed E-state index contributed by atoms with van der Waals surface area (Å²) >= 11 is 0. The minimum Gasteiger partial charge on any atom is -0.378 e. The Morgan fingerprint density at radius 3 is 2.76 bits per heavy atom. The summed E-state index contributed by atoms with van der Waals surface area (Å²) in [6, 6.07) is 4.97. The first-order valence-corrected chi connectivity index (χ1v) is 7.24. The Hall–Kier alpha value is -1.36. The van der Waals surface area contributed by atoms with E-state index in [1.807, 2.05) is 0 Å². The van der Waals surface area contributed by atoms with Crippen molar-refractivity contribution in [2.75, 3.05) is 6.61 Å². The van der Waals surface area contributed by atoms with E-state index in [0.717, 1.165) is 38.0 Å². The highest BCUT2D eigenvalue weighted by atomic mass is 19.4. The van der Waals surface area contributed by atoms with Gasteiger partial charge in [0.2, 0.25) is 0 Å². The number of ether oxygens (including phenoxy) is 1. The summed E-state index contributed by atoms with van der Waals surface area (Å²) in [5, 5.41) is 0. The number of hydrogen-bond acceptors (Lipinski definition) is 2. The van der Waals surface area contributed by atoms with Gasteiger partial charge in [0.25, 0.3) is 0 Å². The van der Waals surface area contributed by atoms with E-state index in [-0.39, 0.29) is 18.3 Å². The molecule has 1 heterocycles. The van der Waals surface area contributed by atoms with Crippen LogP contribution in [-0.2, 0) is 22.1 Å². The molecule has 1 aliphatic rings. The van der Waals surface area contributed by atoms with Gasteiger partial charge in [-0.2, -0.15) is 13.2 Å². The molecule has 0 N–H and O–H groups in total. The highest BCUT2D eigenvalue weighted by Gasteiger charge is 2.30. The van der Waals surface area contributed by atoms with Crippen LogP contribution in [0.2, 0.25) is 0 Å². The Balaban J connectivity index is 1.84. The molecule has 0 radical (unpaired) electrons. The van der Waals surface area contributed by atoms with Crippen LogP contribution in [0.4, 0.5) is 13.2 Å². The second-order valence-electron chi connectivity index (χ2n) is 5.44. The molecule has 2 rings (SSSR count). The fraction of sp³-hybridized carbons (Fsp3) is 0.562. The van der Waals surface area contributed by atoms with Crippen LogP contribution in [0.25, 0.3) is 0 Å². The van der Waals surface area contributed by atoms with E-state index in [4.69, 9.17) is 4.74 Å². The van der Waals surface area contributed by atoms with Gasteiger partial charge in [-0.25, -0.2) is 0 Å². The molecule has 0 spiro atoms. The minimum absolute atomic E-state index is 0.0384. The summed E-state index contributed by atoms with van der Waals surface area (Å²) < 4.78 is 43.3. The number of halogens is 3. The van der Waals surface area contributed by atoms with Crippen LogP contribution in [-0.4, -0.2) is 18.5 Å². The Morgan fingerprint density at radius 2 is 2.10 bits per heavy atom.